The summed E-state index contributed by atoms with van der Waals surface area (Å²) in [6.07, 6.45) is 8.41. The molecular formula is C18H22N6O. The zero-order valence-electron chi connectivity index (χ0n) is 14.2. The standard InChI is InChI=1S/C18H22N6O/c1-24-11-12(10-22-24)14-5-8-20-17-15(14)9-13(23-17)4-7-21-18(25)16-3-2-6-19-16/h5,8-11,16,19H,2-4,6-7H2,1H3,(H,20,23)(H,21,25)/t16-/m0/s1. The Morgan fingerprint density at radius 2 is 2.40 bits per heavy atom. The number of aromatic amines is 1. The molecule has 0 bridgehead atoms. The van der Waals surface area contributed by atoms with E-state index >= 15 is 0 Å². The molecule has 4 rings (SSSR count). The number of hydrogen-bond donors (Lipinski definition) is 3. The smallest absolute Gasteiger partial charge is 0.237 e. The molecule has 3 aromatic heterocycles. The van der Waals surface area contributed by atoms with Gasteiger partial charge in [0.05, 0.1) is 12.2 Å². The molecule has 1 saturated heterocycles. The number of aromatic nitrogens is 4. The van der Waals surface area contributed by atoms with Gasteiger partial charge in [-0.3, -0.25) is 9.48 Å². The van der Waals surface area contributed by atoms with Crippen LogP contribution in [0.2, 0.25) is 0 Å². The number of fused-ring (bicyclic) bond motifs is 1. The number of hydrogen-bond acceptors (Lipinski definition) is 4. The first-order valence-corrected chi connectivity index (χ1v) is 8.67. The average molecular weight is 338 g/mol. The molecule has 25 heavy (non-hydrogen) atoms. The molecule has 1 aliphatic heterocycles. The molecule has 0 spiro atoms. The second-order valence-electron chi connectivity index (χ2n) is 6.51. The Balaban J connectivity index is 1.47. The predicted octanol–water partition coefficient (Wildman–Crippen LogP) is 1.37. The van der Waals surface area contributed by atoms with Crippen LogP contribution in [0.4, 0.5) is 0 Å². The minimum atomic E-state index is -0.0263. The van der Waals surface area contributed by atoms with Crippen LogP contribution in [0.25, 0.3) is 22.2 Å². The summed E-state index contributed by atoms with van der Waals surface area (Å²) in [5, 5.41) is 11.6. The second-order valence-corrected chi connectivity index (χ2v) is 6.51. The van der Waals surface area contributed by atoms with Crippen molar-refractivity contribution in [2.45, 2.75) is 25.3 Å². The summed E-state index contributed by atoms with van der Waals surface area (Å²) in [4.78, 5) is 19.8. The number of pyridine rings is 1. The Morgan fingerprint density at radius 1 is 1.48 bits per heavy atom. The van der Waals surface area contributed by atoms with Gasteiger partial charge in [0.2, 0.25) is 5.91 Å². The molecule has 0 unspecified atom stereocenters. The van der Waals surface area contributed by atoms with Crippen LogP contribution in [0.15, 0.2) is 30.7 Å². The summed E-state index contributed by atoms with van der Waals surface area (Å²) in [7, 11) is 1.91. The van der Waals surface area contributed by atoms with Crippen LogP contribution in [0.1, 0.15) is 18.5 Å². The van der Waals surface area contributed by atoms with Crippen molar-refractivity contribution >= 4 is 16.9 Å². The third-order valence-corrected chi connectivity index (χ3v) is 4.67. The maximum Gasteiger partial charge on any atom is 0.237 e. The van der Waals surface area contributed by atoms with Crippen molar-refractivity contribution in [2.24, 2.45) is 7.05 Å². The molecule has 7 nitrogen and oxygen atoms in total. The molecule has 3 N–H and O–H groups in total. The van der Waals surface area contributed by atoms with Crippen LogP contribution in [0, 0.1) is 0 Å². The Morgan fingerprint density at radius 3 is 3.16 bits per heavy atom. The third kappa shape index (κ3) is 3.28. The lowest BCUT2D eigenvalue weighted by molar-refractivity contribution is -0.122. The van der Waals surface area contributed by atoms with Crippen molar-refractivity contribution in [1.82, 2.24) is 30.4 Å². The largest absolute Gasteiger partial charge is 0.354 e. The lowest BCUT2D eigenvalue weighted by Crippen LogP contribution is -2.41. The van der Waals surface area contributed by atoms with Crippen LogP contribution < -0.4 is 10.6 Å². The van der Waals surface area contributed by atoms with E-state index in [1.165, 1.54) is 0 Å². The lowest BCUT2D eigenvalue weighted by atomic mass is 10.1. The van der Waals surface area contributed by atoms with Crippen LogP contribution in [0.5, 0.6) is 0 Å². The van der Waals surface area contributed by atoms with E-state index in [-0.39, 0.29) is 11.9 Å². The van der Waals surface area contributed by atoms with Gasteiger partial charge >= 0.3 is 0 Å². The van der Waals surface area contributed by atoms with E-state index in [1.54, 1.807) is 10.9 Å². The highest BCUT2D eigenvalue weighted by Gasteiger charge is 2.21. The summed E-state index contributed by atoms with van der Waals surface area (Å²) >= 11 is 0. The van der Waals surface area contributed by atoms with Gasteiger partial charge in [0.15, 0.2) is 0 Å². The van der Waals surface area contributed by atoms with E-state index < -0.39 is 0 Å². The maximum absolute atomic E-state index is 12.0. The molecule has 0 aliphatic carbocycles. The summed E-state index contributed by atoms with van der Waals surface area (Å²) in [5.41, 5.74) is 4.11. The number of amides is 1. The topological polar surface area (TPSA) is 87.6 Å². The van der Waals surface area contributed by atoms with Crippen LogP contribution in [-0.2, 0) is 18.3 Å². The lowest BCUT2D eigenvalue weighted by Gasteiger charge is -2.10. The van der Waals surface area contributed by atoms with Gasteiger partial charge in [-0.1, -0.05) is 0 Å². The van der Waals surface area contributed by atoms with Crippen molar-refractivity contribution in [1.29, 1.82) is 0 Å². The maximum atomic E-state index is 12.0. The Hall–Kier alpha value is -2.67. The monoisotopic (exact) mass is 338 g/mol. The van der Waals surface area contributed by atoms with E-state index in [1.807, 2.05) is 25.5 Å². The summed E-state index contributed by atoms with van der Waals surface area (Å²) < 4.78 is 1.79. The fourth-order valence-corrected chi connectivity index (χ4v) is 3.38. The molecular weight excluding hydrogens is 316 g/mol. The number of carbonyl (C=O) groups is 1. The van der Waals surface area contributed by atoms with Gasteiger partial charge in [-0.25, -0.2) is 4.98 Å². The van der Waals surface area contributed by atoms with Gasteiger partial charge in [-0.15, -0.1) is 0 Å². The highest BCUT2D eigenvalue weighted by atomic mass is 16.2. The predicted molar refractivity (Wildman–Crippen MR) is 96.0 cm³/mol. The molecule has 1 amide bonds. The highest BCUT2D eigenvalue weighted by Crippen LogP contribution is 2.27. The number of nitrogens with zero attached hydrogens (tertiary/aromatic N) is 3. The number of H-pyrrole nitrogens is 1. The van der Waals surface area contributed by atoms with E-state index in [4.69, 9.17) is 0 Å². The van der Waals surface area contributed by atoms with Crippen LogP contribution in [-0.4, -0.2) is 44.8 Å². The molecule has 7 heteroatoms. The minimum absolute atomic E-state index is 0.0263. The zero-order valence-corrected chi connectivity index (χ0v) is 14.2. The van der Waals surface area contributed by atoms with Gasteiger partial charge < -0.3 is 15.6 Å². The van der Waals surface area contributed by atoms with Crippen LogP contribution in [0.3, 0.4) is 0 Å². The molecule has 130 valence electrons. The van der Waals surface area contributed by atoms with Gasteiger partial charge in [0.25, 0.3) is 0 Å². The number of aryl methyl sites for hydroxylation is 1. The number of nitrogens with one attached hydrogen (secondary N) is 3. The van der Waals surface area contributed by atoms with E-state index in [2.05, 4.69) is 31.8 Å². The van der Waals surface area contributed by atoms with Crippen molar-refractivity contribution in [3.63, 3.8) is 0 Å². The van der Waals surface area contributed by atoms with Gasteiger partial charge in [0, 0.05) is 49.1 Å². The van der Waals surface area contributed by atoms with Crippen molar-refractivity contribution in [3.05, 3.63) is 36.4 Å². The van der Waals surface area contributed by atoms with Gasteiger partial charge in [-0.05, 0) is 37.1 Å². The van der Waals surface area contributed by atoms with E-state index in [9.17, 15) is 4.79 Å². The second kappa shape index (κ2) is 6.68. The SMILES string of the molecule is Cn1cc(-c2ccnc3[nH]c(CCNC(=O)[C@@H]4CCCN4)cc23)cn1. The molecule has 1 aliphatic rings. The molecule has 0 radical (unpaired) electrons. The van der Waals surface area contributed by atoms with Crippen molar-refractivity contribution in [2.75, 3.05) is 13.1 Å². The summed E-state index contributed by atoms with van der Waals surface area (Å²) in [6, 6.07) is 4.09. The van der Waals surface area contributed by atoms with E-state index in [0.717, 1.165) is 53.7 Å². The van der Waals surface area contributed by atoms with Gasteiger partial charge in [-0.2, -0.15) is 5.10 Å². The van der Waals surface area contributed by atoms with Crippen molar-refractivity contribution in [3.8, 4) is 11.1 Å². The Labute approximate surface area is 145 Å². The first kappa shape index (κ1) is 15.8. The third-order valence-electron chi connectivity index (χ3n) is 4.67. The van der Waals surface area contributed by atoms with Crippen molar-refractivity contribution < 1.29 is 4.79 Å². The number of carbonyl (C=O) groups excluding carboxylic acids is 1. The molecule has 0 aromatic carbocycles. The Bertz CT molecular complexity index is 890. The zero-order chi connectivity index (χ0) is 17.2. The molecule has 0 saturated carbocycles. The van der Waals surface area contributed by atoms with Crippen LogP contribution >= 0.6 is 0 Å². The minimum Gasteiger partial charge on any atom is -0.354 e. The summed E-state index contributed by atoms with van der Waals surface area (Å²) in [5.74, 6) is 0.0998. The summed E-state index contributed by atoms with van der Waals surface area (Å²) in [6.45, 7) is 1.55. The quantitative estimate of drug-likeness (QED) is 0.656. The highest BCUT2D eigenvalue weighted by molar-refractivity contribution is 5.93. The first-order chi connectivity index (χ1) is 12.2. The fraction of sp³-hybridized carbons (Fsp3) is 0.389. The van der Waals surface area contributed by atoms with Gasteiger partial charge in [0.1, 0.15) is 5.65 Å². The molecule has 1 fully saturated rings. The molecule has 4 heterocycles. The number of rotatable bonds is 5. The Kier molecular flexibility index (Phi) is 4.23. The normalized spacial score (nSPS) is 17.2. The first-order valence-electron chi connectivity index (χ1n) is 8.67. The van der Waals surface area contributed by atoms with E-state index in [0.29, 0.717) is 6.54 Å². The average Bonchev–Trinajstić information content (AvgIpc) is 3.34. The molecule has 1 atom stereocenters. The molecule has 3 aromatic rings. The fourth-order valence-electron chi connectivity index (χ4n) is 3.38.